The SMILES string of the molecule is CCc1nc(C)nc(Cc2cncc(Cc3ccc(C)cc3)c2)c1C. The van der Waals surface area contributed by atoms with Crippen molar-refractivity contribution >= 4 is 0 Å². The summed E-state index contributed by atoms with van der Waals surface area (Å²) in [4.78, 5) is 13.7. The van der Waals surface area contributed by atoms with Crippen molar-refractivity contribution in [3.63, 3.8) is 0 Å². The van der Waals surface area contributed by atoms with Gasteiger partial charge in [0.1, 0.15) is 5.82 Å². The molecule has 2 aromatic heterocycles. The van der Waals surface area contributed by atoms with Crippen LogP contribution in [0, 0.1) is 20.8 Å². The number of hydrogen-bond donors (Lipinski definition) is 0. The Morgan fingerprint density at radius 1 is 0.760 bits per heavy atom. The lowest BCUT2D eigenvalue weighted by Gasteiger charge is -2.11. The molecule has 25 heavy (non-hydrogen) atoms. The average Bonchev–Trinajstić information content (AvgIpc) is 2.60. The molecule has 0 aliphatic carbocycles. The zero-order chi connectivity index (χ0) is 17.8. The van der Waals surface area contributed by atoms with E-state index in [4.69, 9.17) is 0 Å². The third-order valence-electron chi connectivity index (χ3n) is 4.55. The summed E-state index contributed by atoms with van der Waals surface area (Å²) in [6, 6.07) is 10.9. The second kappa shape index (κ2) is 7.56. The quantitative estimate of drug-likeness (QED) is 0.689. The fraction of sp³-hybridized carbons (Fsp3) is 0.318. The molecule has 0 aliphatic heterocycles. The smallest absolute Gasteiger partial charge is 0.125 e. The second-order valence-electron chi connectivity index (χ2n) is 6.68. The van der Waals surface area contributed by atoms with E-state index in [1.807, 2.05) is 19.3 Å². The van der Waals surface area contributed by atoms with E-state index in [0.29, 0.717) is 0 Å². The molecule has 0 amide bonds. The summed E-state index contributed by atoms with van der Waals surface area (Å²) in [7, 11) is 0. The van der Waals surface area contributed by atoms with Gasteiger partial charge in [-0.15, -0.1) is 0 Å². The van der Waals surface area contributed by atoms with Crippen molar-refractivity contribution in [1.82, 2.24) is 15.0 Å². The van der Waals surface area contributed by atoms with Gasteiger partial charge in [0.05, 0.1) is 5.69 Å². The maximum absolute atomic E-state index is 4.66. The lowest BCUT2D eigenvalue weighted by atomic mass is 10.0. The van der Waals surface area contributed by atoms with Crippen LogP contribution in [0.2, 0.25) is 0 Å². The number of aromatic nitrogens is 3. The summed E-state index contributed by atoms with van der Waals surface area (Å²) >= 11 is 0. The lowest BCUT2D eigenvalue weighted by Crippen LogP contribution is -2.06. The van der Waals surface area contributed by atoms with Gasteiger partial charge in [0.25, 0.3) is 0 Å². The van der Waals surface area contributed by atoms with Crippen LogP contribution in [0.25, 0.3) is 0 Å². The minimum Gasteiger partial charge on any atom is -0.264 e. The topological polar surface area (TPSA) is 38.7 Å². The Morgan fingerprint density at radius 2 is 1.40 bits per heavy atom. The molecule has 3 aromatic rings. The summed E-state index contributed by atoms with van der Waals surface area (Å²) in [6.07, 6.45) is 6.55. The van der Waals surface area contributed by atoms with E-state index in [1.54, 1.807) is 0 Å². The van der Waals surface area contributed by atoms with Crippen LogP contribution in [0.4, 0.5) is 0 Å². The fourth-order valence-electron chi connectivity index (χ4n) is 3.14. The molecule has 0 saturated heterocycles. The van der Waals surface area contributed by atoms with E-state index >= 15 is 0 Å². The van der Waals surface area contributed by atoms with Crippen molar-refractivity contribution in [3.05, 3.63) is 87.8 Å². The predicted octanol–water partition coefficient (Wildman–Crippen LogP) is 4.54. The maximum atomic E-state index is 4.66. The lowest BCUT2D eigenvalue weighted by molar-refractivity contribution is 0.876. The minimum atomic E-state index is 0.803. The molecule has 1 aromatic carbocycles. The Labute approximate surface area is 150 Å². The predicted molar refractivity (Wildman–Crippen MR) is 102 cm³/mol. The molecule has 0 fully saturated rings. The van der Waals surface area contributed by atoms with Gasteiger partial charge in [0.2, 0.25) is 0 Å². The second-order valence-corrected chi connectivity index (χ2v) is 6.68. The van der Waals surface area contributed by atoms with Crippen LogP contribution in [-0.4, -0.2) is 15.0 Å². The Bertz CT molecular complexity index is 867. The normalized spacial score (nSPS) is 10.9. The molecule has 0 radical (unpaired) electrons. The molecular formula is C22H25N3. The first-order valence-electron chi connectivity index (χ1n) is 8.86. The van der Waals surface area contributed by atoms with Crippen LogP contribution < -0.4 is 0 Å². The van der Waals surface area contributed by atoms with Crippen molar-refractivity contribution in [1.29, 1.82) is 0 Å². The molecule has 0 aliphatic rings. The third-order valence-corrected chi connectivity index (χ3v) is 4.55. The van der Waals surface area contributed by atoms with E-state index < -0.39 is 0 Å². The van der Waals surface area contributed by atoms with Crippen LogP contribution in [-0.2, 0) is 19.3 Å². The van der Waals surface area contributed by atoms with Gasteiger partial charge in [-0.1, -0.05) is 42.8 Å². The third kappa shape index (κ3) is 4.30. The molecule has 0 unspecified atom stereocenters. The van der Waals surface area contributed by atoms with Gasteiger partial charge in [-0.05, 0) is 55.9 Å². The van der Waals surface area contributed by atoms with Gasteiger partial charge < -0.3 is 0 Å². The molecule has 0 N–H and O–H groups in total. The van der Waals surface area contributed by atoms with Gasteiger partial charge in [0, 0.05) is 24.5 Å². The minimum absolute atomic E-state index is 0.803. The van der Waals surface area contributed by atoms with E-state index in [2.05, 4.69) is 66.1 Å². The van der Waals surface area contributed by atoms with Crippen LogP contribution in [0.5, 0.6) is 0 Å². The van der Waals surface area contributed by atoms with Crippen LogP contribution >= 0.6 is 0 Å². The Kier molecular flexibility index (Phi) is 5.22. The summed E-state index contributed by atoms with van der Waals surface area (Å²) < 4.78 is 0. The zero-order valence-electron chi connectivity index (χ0n) is 15.5. The van der Waals surface area contributed by atoms with Crippen molar-refractivity contribution in [2.75, 3.05) is 0 Å². The number of hydrogen-bond acceptors (Lipinski definition) is 3. The van der Waals surface area contributed by atoms with Gasteiger partial charge in [-0.3, -0.25) is 4.98 Å². The number of aryl methyl sites for hydroxylation is 3. The molecule has 3 rings (SSSR count). The largest absolute Gasteiger partial charge is 0.264 e. The Balaban J connectivity index is 1.82. The molecule has 128 valence electrons. The van der Waals surface area contributed by atoms with Crippen LogP contribution in [0.1, 0.15) is 52.0 Å². The highest BCUT2D eigenvalue weighted by Crippen LogP contribution is 2.17. The molecule has 0 spiro atoms. The van der Waals surface area contributed by atoms with Gasteiger partial charge in [-0.25, -0.2) is 9.97 Å². The molecule has 2 heterocycles. The van der Waals surface area contributed by atoms with E-state index in [-0.39, 0.29) is 0 Å². The van der Waals surface area contributed by atoms with Crippen molar-refractivity contribution < 1.29 is 0 Å². The van der Waals surface area contributed by atoms with Gasteiger partial charge in [0.15, 0.2) is 0 Å². The van der Waals surface area contributed by atoms with Gasteiger partial charge >= 0.3 is 0 Å². The molecule has 0 bridgehead atoms. The van der Waals surface area contributed by atoms with Crippen LogP contribution in [0.15, 0.2) is 42.7 Å². The van der Waals surface area contributed by atoms with Crippen molar-refractivity contribution in [2.45, 2.75) is 47.0 Å². The van der Waals surface area contributed by atoms with Crippen molar-refractivity contribution in [3.8, 4) is 0 Å². The summed E-state index contributed by atoms with van der Waals surface area (Å²) in [5, 5.41) is 0. The molecule has 0 saturated carbocycles. The van der Waals surface area contributed by atoms with Gasteiger partial charge in [-0.2, -0.15) is 0 Å². The zero-order valence-corrected chi connectivity index (χ0v) is 15.5. The number of nitrogens with zero attached hydrogens (tertiary/aromatic N) is 3. The average molecular weight is 331 g/mol. The maximum Gasteiger partial charge on any atom is 0.125 e. The van der Waals surface area contributed by atoms with E-state index in [1.165, 1.54) is 27.8 Å². The summed E-state index contributed by atoms with van der Waals surface area (Å²) in [5.41, 5.74) is 8.50. The highest BCUT2D eigenvalue weighted by atomic mass is 14.9. The highest BCUT2D eigenvalue weighted by molar-refractivity contribution is 5.33. The first-order chi connectivity index (χ1) is 12.0. The number of rotatable bonds is 5. The fourth-order valence-corrected chi connectivity index (χ4v) is 3.14. The van der Waals surface area contributed by atoms with Crippen molar-refractivity contribution in [2.24, 2.45) is 0 Å². The van der Waals surface area contributed by atoms with E-state index in [0.717, 1.165) is 36.5 Å². The monoisotopic (exact) mass is 331 g/mol. The Hall–Kier alpha value is -2.55. The van der Waals surface area contributed by atoms with Crippen LogP contribution in [0.3, 0.4) is 0 Å². The molecule has 3 nitrogen and oxygen atoms in total. The Morgan fingerprint density at radius 3 is 2.08 bits per heavy atom. The van der Waals surface area contributed by atoms with E-state index in [9.17, 15) is 0 Å². The number of benzene rings is 1. The standard InChI is InChI=1S/C22H25N3/c1-5-21-16(3)22(25-17(4)24-21)12-20-11-19(13-23-14-20)10-18-8-6-15(2)7-9-18/h6-9,11,13-14H,5,10,12H2,1-4H3. The highest BCUT2D eigenvalue weighted by Gasteiger charge is 2.09. The first kappa shape index (κ1) is 17.3. The summed E-state index contributed by atoms with van der Waals surface area (Å²) in [5.74, 6) is 0.848. The summed E-state index contributed by atoms with van der Waals surface area (Å²) in [6.45, 7) is 8.34. The molecule has 3 heteroatoms. The molecule has 0 atom stereocenters. The first-order valence-corrected chi connectivity index (χ1v) is 8.86. The number of pyridine rings is 1. The molecular weight excluding hydrogens is 306 g/mol.